The van der Waals surface area contributed by atoms with Crippen LogP contribution in [0.5, 0.6) is 0 Å². The van der Waals surface area contributed by atoms with E-state index in [1.54, 1.807) is 0 Å². The first kappa shape index (κ1) is 21.2. The number of nitrogens with one attached hydrogen (secondary N) is 1. The van der Waals surface area contributed by atoms with Gasteiger partial charge in [-0.1, -0.05) is 6.07 Å². The number of sulfonamides is 1. The maximum absolute atomic E-state index is 13.5. The average Bonchev–Trinajstić information content (AvgIpc) is 2.60. The lowest BCUT2D eigenvalue weighted by molar-refractivity contribution is -0.384. The zero-order valence-electron chi connectivity index (χ0n) is 14.8. The van der Waals surface area contributed by atoms with Gasteiger partial charge in [-0.25, -0.2) is 17.2 Å². The topological polar surface area (TPSA) is 110 Å². The Kier molecular flexibility index (Phi) is 6.62. The number of nitrogens with zero attached hydrogens (tertiary/aromatic N) is 2. The van der Waals surface area contributed by atoms with Crippen molar-refractivity contribution in [2.75, 3.05) is 22.4 Å². The first-order valence-corrected chi connectivity index (χ1v) is 9.90. The second-order valence-corrected chi connectivity index (χ2v) is 7.79. The number of benzene rings is 2. The molecule has 2 aromatic rings. The van der Waals surface area contributed by atoms with Gasteiger partial charge in [0, 0.05) is 31.2 Å². The van der Waals surface area contributed by atoms with Crippen molar-refractivity contribution >= 4 is 33.0 Å². The van der Waals surface area contributed by atoms with Gasteiger partial charge < -0.3 is 5.32 Å². The lowest BCUT2D eigenvalue weighted by atomic mass is 10.2. The molecule has 0 aromatic heterocycles. The Balaban J connectivity index is 2.03. The molecule has 0 bridgehead atoms. The molecule has 1 N–H and O–H groups in total. The molecule has 28 heavy (non-hydrogen) atoms. The van der Waals surface area contributed by atoms with Crippen LogP contribution in [0.25, 0.3) is 0 Å². The van der Waals surface area contributed by atoms with Gasteiger partial charge in [0.1, 0.15) is 11.6 Å². The Morgan fingerprint density at radius 1 is 1.21 bits per heavy atom. The number of halogens is 2. The van der Waals surface area contributed by atoms with Gasteiger partial charge in [-0.15, -0.1) is 0 Å². The molecule has 11 heteroatoms. The smallest absolute Gasteiger partial charge is 0.271 e. The molecule has 2 aromatic carbocycles. The Hall–Kier alpha value is -3.08. The van der Waals surface area contributed by atoms with Crippen molar-refractivity contribution in [2.45, 2.75) is 12.8 Å². The van der Waals surface area contributed by atoms with Gasteiger partial charge >= 0.3 is 0 Å². The van der Waals surface area contributed by atoms with Crippen LogP contribution in [-0.4, -0.2) is 32.0 Å². The van der Waals surface area contributed by atoms with Crippen molar-refractivity contribution in [1.82, 2.24) is 0 Å². The number of carbonyl (C=O) groups is 1. The zero-order valence-corrected chi connectivity index (χ0v) is 15.6. The number of anilines is 2. The SMILES string of the molecule is CS(=O)(=O)N(CCCC(=O)Nc1ccc(F)cc1F)c1cccc([N+](=O)[O-])c1. The molecular weight excluding hydrogens is 396 g/mol. The molecule has 1 amide bonds. The fourth-order valence-electron chi connectivity index (χ4n) is 2.43. The second-order valence-electron chi connectivity index (χ2n) is 5.89. The Bertz CT molecular complexity index is 998. The summed E-state index contributed by atoms with van der Waals surface area (Å²) >= 11 is 0. The molecular formula is C17H17F2N3O5S. The molecule has 0 heterocycles. The van der Waals surface area contributed by atoms with Crippen LogP contribution in [0.1, 0.15) is 12.8 Å². The normalized spacial score (nSPS) is 11.1. The maximum Gasteiger partial charge on any atom is 0.271 e. The van der Waals surface area contributed by atoms with Crippen molar-refractivity contribution in [3.05, 3.63) is 64.2 Å². The van der Waals surface area contributed by atoms with Gasteiger partial charge in [0.15, 0.2) is 0 Å². The van der Waals surface area contributed by atoms with E-state index in [0.29, 0.717) is 6.07 Å². The van der Waals surface area contributed by atoms with Crippen molar-refractivity contribution in [3.63, 3.8) is 0 Å². The summed E-state index contributed by atoms with van der Waals surface area (Å²) in [5.41, 5.74) is -0.359. The third-order valence-electron chi connectivity index (χ3n) is 3.70. The van der Waals surface area contributed by atoms with Crippen LogP contribution < -0.4 is 9.62 Å². The molecule has 8 nitrogen and oxygen atoms in total. The Labute approximate surface area is 160 Å². The minimum absolute atomic E-state index is 0.0738. The summed E-state index contributed by atoms with van der Waals surface area (Å²) in [7, 11) is -3.75. The molecule has 0 spiro atoms. The molecule has 150 valence electrons. The summed E-state index contributed by atoms with van der Waals surface area (Å²) in [6.07, 6.45) is 0.877. The third-order valence-corrected chi connectivity index (χ3v) is 4.89. The molecule has 0 fully saturated rings. The molecule has 0 radical (unpaired) electrons. The Morgan fingerprint density at radius 2 is 1.93 bits per heavy atom. The van der Waals surface area contributed by atoms with Gasteiger partial charge in [0.25, 0.3) is 5.69 Å². The largest absolute Gasteiger partial charge is 0.324 e. The summed E-state index contributed by atoms with van der Waals surface area (Å²) in [5.74, 6) is -2.29. The number of amides is 1. The van der Waals surface area contributed by atoms with E-state index in [4.69, 9.17) is 0 Å². The third kappa shape index (κ3) is 5.71. The van der Waals surface area contributed by atoms with Crippen LogP contribution in [-0.2, 0) is 14.8 Å². The quantitative estimate of drug-likeness (QED) is 0.528. The number of hydrogen-bond donors (Lipinski definition) is 1. The van der Waals surface area contributed by atoms with Crippen LogP contribution >= 0.6 is 0 Å². The summed E-state index contributed by atoms with van der Waals surface area (Å²) in [6.45, 7) is -0.112. The summed E-state index contributed by atoms with van der Waals surface area (Å²) in [5, 5.41) is 13.2. The van der Waals surface area contributed by atoms with Gasteiger partial charge in [0.2, 0.25) is 15.9 Å². The Morgan fingerprint density at radius 3 is 2.54 bits per heavy atom. The second kappa shape index (κ2) is 8.74. The van der Waals surface area contributed by atoms with Crippen molar-refractivity contribution in [2.24, 2.45) is 0 Å². The van der Waals surface area contributed by atoms with Crippen molar-refractivity contribution < 1.29 is 26.9 Å². The van der Waals surface area contributed by atoms with E-state index in [-0.39, 0.29) is 36.4 Å². The number of rotatable bonds is 8. The van der Waals surface area contributed by atoms with E-state index in [1.807, 2.05) is 0 Å². The number of non-ortho nitro benzene ring substituents is 1. The van der Waals surface area contributed by atoms with E-state index in [9.17, 15) is 32.1 Å². The molecule has 0 aliphatic carbocycles. The number of nitro groups is 1. The standard InChI is InChI=1S/C17H17F2N3O5S/c1-28(26,27)21(13-4-2-5-14(11-13)22(24)25)9-3-6-17(23)20-16-8-7-12(18)10-15(16)19/h2,4-5,7-8,10-11H,3,6,9H2,1H3,(H,20,23). The van der Waals surface area contributed by atoms with Crippen molar-refractivity contribution in [3.8, 4) is 0 Å². The van der Waals surface area contributed by atoms with E-state index >= 15 is 0 Å². The minimum Gasteiger partial charge on any atom is -0.324 e. The van der Waals surface area contributed by atoms with Crippen LogP contribution in [0.15, 0.2) is 42.5 Å². The fraction of sp³-hybridized carbons (Fsp3) is 0.235. The van der Waals surface area contributed by atoms with Crippen LogP contribution in [0.4, 0.5) is 25.8 Å². The minimum atomic E-state index is -3.75. The highest BCUT2D eigenvalue weighted by molar-refractivity contribution is 7.92. The highest BCUT2D eigenvalue weighted by Crippen LogP contribution is 2.23. The zero-order chi connectivity index (χ0) is 20.9. The highest BCUT2D eigenvalue weighted by atomic mass is 32.2. The van der Waals surface area contributed by atoms with E-state index in [2.05, 4.69) is 5.32 Å². The van der Waals surface area contributed by atoms with Crippen molar-refractivity contribution in [1.29, 1.82) is 0 Å². The molecule has 0 unspecified atom stereocenters. The van der Waals surface area contributed by atoms with E-state index < -0.39 is 32.5 Å². The van der Waals surface area contributed by atoms with Gasteiger partial charge in [-0.05, 0) is 24.6 Å². The summed E-state index contributed by atoms with van der Waals surface area (Å²) in [4.78, 5) is 22.2. The summed E-state index contributed by atoms with van der Waals surface area (Å²) in [6, 6.07) is 7.81. The summed E-state index contributed by atoms with van der Waals surface area (Å²) < 4.78 is 51.4. The number of carbonyl (C=O) groups excluding carboxylic acids is 1. The highest BCUT2D eigenvalue weighted by Gasteiger charge is 2.20. The lowest BCUT2D eigenvalue weighted by Gasteiger charge is -2.22. The first-order valence-electron chi connectivity index (χ1n) is 8.05. The number of nitro benzene ring substituents is 1. The lowest BCUT2D eigenvalue weighted by Crippen LogP contribution is -2.31. The monoisotopic (exact) mass is 413 g/mol. The molecule has 0 saturated heterocycles. The maximum atomic E-state index is 13.5. The molecule has 0 atom stereocenters. The van der Waals surface area contributed by atoms with Crippen LogP contribution in [0.2, 0.25) is 0 Å². The van der Waals surface area contributed by atoms with E-state index in [1.165, 1.54) is 18.2 Å². The van der Waals surface area contributed by atoms with E-state index in [0.717, 1.165) is 28.8 Å². The van der Waals surface area contributed by atoms with Gasteiger partial charge in [0.05, 0.1) is 22.6 Å². The average molecular weight is 413 g/mol. The van der Waals surface area contributed by atoms with Gasteiger partial charge in [-0.3, -0.25) is 19.2 Å². The van der Waals surface area contributed by atoms with Crippen LogP contribution in [0, 0.1) is 21.7 Å². The first-order chi connectivity index (χ1) is 13.1. The predicted octanol–water partition coefficient (Wildman–Crippen LogP) is 3.06. The predicted molar refractivity (Wildman–Crippen MR) is 99.5 cm³/mol. The fourth-order valence-corrected chi connectivity index (χ4v) is 3.39. The molecule has 0 aliphatic heterocycles. The number of hydrogen-bond acceptors (Lipinski definition) is 5. The van der Waals surface area contributed by atoms with Crippen LogP contribution in [0.3, 0.4) is 0 Å². The molecule has 0 aliphatic rings. The molecule has 0 saturated carbocycles. The van der Waals surface area contributed by atoms with Gasteiger partial charge in [-0.2, -0.15) is 0 Å². The molecule has 2 rings (SSSR count).